The Morgan fingerprint density at radius 1 is 1.27 bits per heavy atom. The minimum absolute atomic E-state index is 0.0746. The van der Waals surface area contributed by atoms with Gasteiger partial charge in [-0.1, -0.05) is 62.2 Å². The van der Waals surface area contributed by atoms with E-state index >= 15 is 8.78 Å². The number of carbonyl (C=O) groups is 1. The molecule has 0 saturated carbocycles. The normalized spacial score (nSPS) is 23.5. The lowest BCUT2D eigenvalue weighted by molar-refractivity contribution is -0.137. The summed E-state index contributed by atoms with van der Waals surface area (Å²) in [5, 5.41) is 20.0. The Kier molecular flexibility index (Phi) is 7.38. The standard InChI is InChI=1S/C25H26Cl2F2N2O2/c1-24(2,3)12-15-13-31(10-9-21(32)33)23(17-5-4-6-19(27)22(17)29)25(15,14-30)18-8-7-16(26)11-20(18)28/h4-8,11,15,23H,9-10,12-13H2,1-3H3,(H,32,33)/t15-,23-,25-/m1/s1. The molecule has 1 aliphatic heterocycles. The maximum absolute atomic E-state index is 15.4. The summed E-state index contributed by atoms with van der Waals surface area (Å²) in [5.41, 5.74) is -1.46. The van der Waals surface area contributed by atoms with Crippen molar-refractivity contribution in [2.45, 2.75) is 45.1 Å². The first kappa shape index (κ1) is 25.4. The molecule has 8 heteroatoms. The lowest BCUT2D eigenvalue weighted by Crippen LogP contribution is -2.40. The summed E-state index contributed by atoms with van der Waals surface area (Å²) in [4.78, 5) is 13.1. The van der Waals surface area contributed by atoms with Gasteiger partial charge in [0.2, 0.25) is 0 Å². The highest BCUT2D eigenvalue weighted by Gasteiger charge is 2.58. The van der Waals surface area contributed by atoms with Crippen molar-refractivity contribution in [3.05, 3.63) is 69.2 Å². The van der Waals surface area contributed by atoms with Crippen molar-refractivity contribution in [1.29, 1.82) is 5.26 Å². The summed E-state index contributed by atoms with van der Waals surface area (Å²) in [7, 11) is 0. The Balaban J connectivity index is 2.32. The Morgan fingerprint density at radius 2 is 1.97 bits per heavy atom. The Bertz CT molecular complexity index is 1100. The number of carboxylic acids is 1. The maximum atomic E-state index is 15.4. The number of nitriles is 1. The largest absolute Gasteiger partial charge is 0.481 e. The van der Waals surface area contributed by atoms with Gasteiger partial charge in [0.15, 0.2) is 0 Å². The summed E-state index contributed by atoms with van der Waals surface area (Å²) < 4.78 is 30.7. The average Bonchev–Trinajstić information content (AvgIpc) is 3.00. The number of nitrogens with zero attached hydrogens (tertiary/aromatic N) is 2. The third kappa shape index (κ3) is 5.01. The average molecular weight is 495 g/mol. The van der Waals surface area contributed by atoms with Crippen LogP contribution in [0.25, 0.3) is 0 Å². The molecule has 0 amide bonds. The molecule has 4 nitrogen and oxygen atoms in total. The summed E-state index contributed by atoms with van der Waals surface area (Å²) in [6.07, 6.45) is 0.330. The van der Waals surface area contributed by atoms with E-state index < -0.39 is 35.0 Å². The number of benzene rings is 2. The van der Waals surface area contributed by atoms with Gasteiger partial charge in [-0.05, 0) is 36.0 Å². The number of halogens is 4. The number of likely N-dealkylation sites (tertiary alicyclic amines) is 1. The molecule has 0 aliphatic carbocycles. The quantitative estimate of drug-likeness (QED) is 0.490. The van der Waals surface area contributed by atoms with E-state index in [1.807, 2.05) is 20.8 Å². The third-order valence-electron chi connectivity index (χ3n) is 6.20. The highest BCUT2D eigenvalue weighted by atomic mass is 35.5. The molecule has 0 aromatic heterocycles. The van der Waals surface area contributed by atoms with Gasteiger partial charge in [-0.3, -0.25) is 9.69 Å². The number of carboxylic acid groups (broad SMARTS) is 1. The number of rotatable bonds is 6. The van der Waals surface area contributed by atoms with Gasteiger partial charge in [-0.2, -0.15) is 5.26 Å². The number of aliphatic carboxylic acids is 1. The molecule has 33 heavy (non-hydrogen) atoms. The van der Waals surface area contributed by atoms with Gasteiger partial charge < -0.3 is 5.11 Å². The molecule has 3 rings (SSSR count). The van der Waals surface area contributed by atoms with E-state index in [-0.39, 0.29) is 39.6 Å². The zero-order chi connectivity index (χ0) is 24.6. The van der Waals surface area contributed by atoms with Crippen LogP contribution in [-0.2, 0) is 10.2 Å². The minimum atomic E-state index is -1.49. The SMILES string of the molecule is CC(C)(C)C[C@@H]1CN(CCC(=O)O)[C@H](c2cccc(Cl)c2F)[C@@]1(C#N)c1ccc(Cl)cc1F. The highest BCUT2D eigenvalue weighted by molar-refractivity contribution is 6.31. The fraction of sp³-hybridized carbons (Fsp3) is 0.440. The van der Waals surface area contributed by atoms with Crippen molar-refractivity contribution in [1.82, 2.24) is 4.90 Å². The first-order chi connectivity index (χ1) is 15.4. The van der Waals surface area contributed by atoms with Crippen LogP contribution in [0.2, 0.25) is 10.0 Å². The van der Waals surface area contributed by atoms with E-state index in [1.165, 1.54) is 24.3 Å². The van der Waals surface area contributed by atoms with Crippen molar-refractivity contribution in [3.63, 3.8) is 0 Å². The molecule has 0 bridgehead atoms. The fourth-order valence-electron chi connectivity index (χ4n) is 5.05. The van der Waals surface area contributed by atoms with Crippen molar-refractivity contribution < 1.29 is 18.7 Å². The zero-order valence-corrected chi connectivity index (χ0v) is 20.2. The van der Waals surface area contributed by atoms with Gasteiger partial charge in [-0.15, -0.1) is 0 Å². The van der Waals surface area contributed by atoms with Gasteiger partial charge in [0.1, 0.15) is 17.0 Å². The molecule has 0 unspecified atom stereocenters. The van der Waals surface area contributed by atoms with Crippen LogP contribution in [0.4, 0.5) is 8.78 Å². The van der Waals surface area contributed by atoms with Gasteiger partial charge in [-0.25, -0.2) is 8.78 Å². The second-order valence-corrected chi connectivity index (χ2v) is 10.6. The lowest BCUT2D eigenvalue weighted by atomic mass is 9.63. The van der Waals surface area contributed by atoms with Crippen LogP contribution in [0.5, 0.6) is 0 Å². The molecule has 1 aliphatic rings. The molecule has 2 aromatic carbocycles. The molecule has 3 atom stereocenters. The topological polar surface area (TPSA) is 64.3 Å². The van der Waals surface area contributed by atoms with Crippen LogP contribution in [-0.4, -0.2) is 29.1 Å². The maximum Gasteiger partial charge on any atom is 0.304 e. The third-order valence-corrected chi connectivity index (χ3v) is 6.73. The lowest BCUT2D eigenvalue weighted by Gasteiger charge is -2.38. The van der Waals surface area contributed by atoms with Crippen molar-refractivity contribution in [2.75, 3.05) is 13.1 Å². The van der Waals surface area contributed by atoms with Gasteiger partial charge in [0, 0.05) is 29.2 Å². The highest BCUT2D eigenvalue weighted by Crippen LogP contribution is 2.56. The monoisotopic (exact) mass is 494 g/mol. The van der Waals surface area contributed by atoms with E-state index in [9.17, 15) is 15.2 Å². The molecule has 0 radical (unpaired) electrons. The second kappa shape index (κ2) is 9.58. The van der Waals surface area contributed by atoms with Crippen molar-refractivity contribution in [3.8, 4) is 6.07 Å². The summed E-state index contributed by atoms with van der Waals surface area (Å²) >= 11 is 12.1. The minimum Gasteiger partial charge on any atom is -0.481 e. The number of hydrogen-bond donors (Lipinski definition) is 1. The molecule has 0 spiro atoms. The van der Waals surface area contributed by atoms with Crippen LogP contribution in [0, 0.1) is 34.3 Å². The first-order valence-electron chi connectivity index (χ1n) is 10.7. The Labute approximate surface area is 202 Å². The van der Waals surface area contributed by atoms with E-state index in [0.717, 1.165) is 6.07 Å². The van der Waals surface area contributed by atoms with E-state index in [4.69, 9.17) is 23.2 Å². The number of hydrogen-bond acceptors (Lipinski definition) is 3. The van der Waals surface area contributed by atoms with Crippen molar-refractivity contribution in [2.24, 2.45) is 11.3 Å². The van der Waals surface area contributed by atoms with E-state index in [1.54, 1.807) is 11.0 Å². The predicted molar refractivity (Wildman–Crippen MR) is 124 cm³/mol. The molecular weight excluding hydrogens is 469 g/mol. The molecule has 176 valence electrons. The molecule has 1 saturated heterocycles. The van der Waals surface area contributed by atoms with Gasteiger partial charge in [0.05, 0.1) is 23.6 Å². The zero-order valence-electron chi connectivity index (χ0n) is 18.7. The van der Waals surface area contributed by atoms with E-state index in [0.29, 0.717) is 13.0 Å². The van der Waals surface area contributed by atoms with Crippen LogP contribution in [0.3, 0.4) is 0 Å². The molecule has 1 fully saturated rings. The predicted octanol–water partition coefficient (Wildman–Crippen LogP) is 6.62. The van der Waals surface area contributed by atoms with E-state index in [2.05, 4.69) is 6.07 Å². The van der Waals surface area contributed by atoms with Crippen LogP contribution in [0.1, 0.15) is 50.8 Å². The summed E-state index contributed by atoms with van der Waals surface area (Å²) in [6, 6.07) is 10.1. The summed E-state index contributed by atoms with van der Waals surface area (Å²) in [6.45, 7) is 6.43. The van der Waals surface area contributed by atoms with Crippen LogP contribution >= 0.6 is 23.2 Å². The van der Waals surface area contributed by atoms with Crippen LogP contribution in [0.15, 0.2) is 36.4 Å². The Hall–Kier alpha value is -2.20. The summed E-state index contributed by atoms with van der Waals surface area (Å²) in [5.74, 6) is -2.78. The van der Waals surface area contributed by atoms with Gasteiger partial charge in [0.25, 0.3) is 0 Å². The second-order valence-electron chi connectivity index (χ2n) is 9.75. The molecule has 1 N–H and O–H groups in total. The van der Waals surface area contributed by atoms with Crippen molar-refractivity contribution >= 4 is 29.2 Å². The molecular formula is C25H26Cl2F2N2O2. The van der Waals surface area contributed by atoms with Crippen LogP contribution < -0.4 is 0 Å². The fourth-order valence-corrected chi connectivity index (χ4v) is 5.39. The molecule has 1 heterocycles. The van der Waals surface area contributed by atoms with Gasteiger partial charge >= 0.3 is 5.97 Å². The first-order valence-corrected chi connectivity index (χ1v) is 11.4. The Morgan fingerprint density at radius 3 is 2.55 bits per heavy atom. The smallest absolute Gasteiger partial charge is 0.304 e. The molecule has 2 aromatic rings.